The molecule has 0 saturated heterocycles. The summed E-state index contributed by atoms with van der Waals surface area (Å²) in [6, 6.07) is 9.80. The van der Waals surface area contributed by atoms with Gasteiger partial charge in [0.15, 0.2) is 5.60 Å². The normalized spacial score (nSPS) is 14.2. The third-order valence-electron chi connectivity index (χ3n) is 2.39. The van der Waals surface area contributed by atoms with E-state index in [0.29, 0.717) is 0 Å². The van der Waals surface area contributed by atoms with E-state index in [1.807, 2.05) is 37.3 Å². The number of hydrogen-bond donors (Lipinski definition) is 0. The number of benzene rings is 1. The zero-order valence-electron chi connectivity index (χ0n) is 9.19. The summed E-state index contributed by atoms with van der Waals surface area (Å²) in [7, 11) is 1.59. The van der Waals surface area contributed by atoms with E-state index in [0.717, 1.165) is 12.0 Å². The third kappa shape index (κ3) is 2.59. The first-order valence-corrected chi connectivity index (χ1v) is 4.95. The Hall–Kier alpha value is -1.30. The van der Waals surface area contributed by atoms with Crippen molar-refractivity contribution in [3.05, 3.63) is 35.9 Å². The van der Waals surface area contributed by atoms with Gasteiger partial charge in [-0.3, -0.25) is 0 Å². The average Bonchev–Trinajstić information content (AvgIpc) is 2.33. The first-order valence-electron chi connectivity index (χ1n) is 4.95. The van der Waals surface area contributed by atoms with E-state index in [-0.39, 0.29) is 6.79 Å². The molecule has 2 heteroatoms. The van der Waals surface area contributed by atoms with E-state index in [2.05, 4.69) is 5.92 Å². The lowest BCUT2D eigenvalue weighted by Crippen LogP contribution is -2.28. The van der Waals surface area contributed by atoms with Crippen LogP contribution in [-0.4, -0.2) is 13.9 Å². The summed E-state index contributed by atoms with van der Waals surface area (Å²) >= 11 is 0. The Morgan fingerprint density at radius 1 is 1.33 bits per heavy atom. The largest absolute Gasteiger partial charge is 0.359 e. The van der Waals surface area contributed by atoms with Crippen LogP contribution in [0.5, 0.6) is 0 Å². The quantitative estimate of drug-likeness (QED) is 0.542. The zero-order chi connectivity index (χ0) is 11.1. The minimum atomic E-state index is -0.669. The van der Waals surface area contributed by atoms with Gasteiger partial charge in [0.2, 0.25) is 0 Å². The van der Waals surface area contributed by atoms with Crippen LogP contribution in [0.1, 0.15) is 18.9 Å². The molecule has 1 aromatic carbocycles. The van der Waals surface area contributed by atoms with Crippen molar-refractivity contribution < 1.29 is 9.47 Å². The van der Waals surface area contributed by atoms with Gasteiger partial charge in [-0.05, 0) is 12.0 Å². The fourth-order valence-electron chi connectivity index (χ4n) is 1.48. The fourth-order valence-corrected chi connectivity index (χ4v) is 1.48. The van der Waals surface area contributed by atoms with Gasteiger partial charge >= 0.3 is 0 Å². The van der Waals surface area contributed by atoms with E-state index in [1.165, 1.54) is 0 Å². The van der Waals surface area contributed by atoms with Crippen molar-refractivity contribution in [3.63, 3.8) is 0 Å². The van der Waals surface area contributed by atoms with E-state index in [1.54, 1.807) is 7.11 Å². The van der Waals surface area contributed by atoms with Crippen LogP contribution in [0.4, 0.5) is 0 Å². The summed E-state index contributed by atoms with van der Waals surface area (Å²) < 4.78 is 10.5. The summed E-state index contributed by atoms with van der Waals surface area (Å²) in [6.45, 7) is 2.20. The number of hydrogen-bond acceptors (Lipinski definition) is 2. The Labute approximate surface area is 91.2 Å². The lowest BCUT2D eigenvalue weighted by Gasteiger charge is -2.27. The summed E-state index contributed by atoms with van der Waals surface area (Å²) in [5.74, 6) is 2.71. The van der Waals surface area contributed by atoms with Gasteiger partial charge < -0.3 is 9.47 Å². The second-order valence-corrected chi connectivity index (χ2v) is 3.24. The topological polar surface area (TPSA) is 18.5 Å². The molecule has 15 heavy (non-hydrogen) atoms. The molecule has 0 fully saturated rings. The van der Waals surface area contributed by atoms with Crippen LogP contribution in [0.25, 0.3) is 0 Å². The Bertz CT molecular complexity index is 326. The van der Waals surface area contributed by atoms with Gasteiger partial charge in [-0.1, -0.05) is 43.2 Å². The molecule has 1 aromatic rings. The molecule has 1 rings (SSSR count). The van der Waals surface area contributed by atoms with Crippen LogP contribution in [0.15, 0.2) is 30.3 Å². The van der Waals surface area contributed by atoms with E-state index in [4.69, 9.17) is 15.9 Å². The van der Waals surface area contributed by atoms with Gasteiger partial charge in [0.1, 0.15) is 6.79 Å². The maximum absolute atomic E-state index is 5.60. The van der Waals surface area contributed by atoms with Gasteiger partial charge in [-0.25, -0.2) is 0 Å². The molecule has 0 aliphatic carbocycles. The van der Waals surface area contributed by atoms with Gasteiger partial charge in [-0.2, -0.15) is 0 Å². The lowest BCUT2D eigenvalue weighted by molar-refractivity contribution is -0.108. The monoisotopic (exact) mass is 204 g/mol. The SMILES string of the molecule is C#C[C@](CC)(OCOC)c1ccccc1. The average molecular weight is 204 g/mol. The Morgan fingerprint density at radius 3 is 2.47 bits per heavy atom. The highest BCUT2D eigenvalue weighted by Gasteiger charge is 2.28. The van der Waals surface area contributed by atoms with Gasteiger partial charge in [0.05, 0.1) is 0 Å². The van der Waals surface area contributed by atoms with Crippen molar-refractivity contribution in [2.75, 3.05) is 13.9 Å². The summed E-state index contributed by atoms with van der Waals surface area (Å²) in [4.78, 5) is 0. The van der Waals surface area contributed by atoms with E-state index >= 15 is 0 Å². The third-order valence-corrected chi connectivity index (χ3v) is 2.39. The van der Waals surface area contributed by atoms with Crippen LogP contribution in [-0.2, 0) is 15.1 Å². The van der Waals surface area contributed by atoms with Gasteiger partial charge in [0, 0.05) is 7.11 Å². The van der Waals surface area contributed by atoms with Crippen molar-refractivity contribution >= 4 is 0 Å². The van der Waals surface area contributed by atoms with Crippen molar-refractivity contribution in [1.29, 1.82) is 0 Å². The highest BCUT2D eigenvalue weighted by atomic mass is 16.7. The van der Waals surface area contributed by atoms with Crippen molar-refractivity contribution in [2.24, 2.45) is 0 Å². The molecule has 0 spiro atoms. The maximum atomic E-state index is 5.60. The molecular formula is C13H16O2. The molecule has 1 atom stereocenters. The molecule has 2 nitrogen and oxygen atoms in total. The molecule has 80 valence electrons. The smallest absolute Gasteiger partial charge is 0.156 e. The number of terminal acetylenes is 1. The molecular weight excluding hydrogens is 188 g/mol. The molecule has 0 radical (unpaired) electrons. The lowest BCUT2D eigenvalue weighted by atomic mass is 9.92. The Balaban J connectivity index is 2.96. The summed E-state index contributed by atoms with van der Waals surface area (Å²) in [5, 5.41) is 0. The van der Waals surface area contributed by atoms with E-state index < -0.39 is 5.60 Å². The minimum absolute atomic E-state index is 0.201. The molecule has 0 heterocycles. The van der Waals surface area contributed by atoms with Gasteiger partial charge in [0.25, 0.3) is 0 Å². The second kappa shape index (κ2) is 5.55. The van der Waals surface area contributed by atoms with Crippen LogP contribution in [0.3, 0.4) is 0 Å². The zero-order valence-corrected chi connectivity index (χ0v) is 9.19. The number of rotatable bonds is 5. The fraction of sp³-hybridized carbons (Fsp3) is 0.385. The highest BCUT2D eigenvalue weighted by molar-refractivity contribution is 5.30. The molecule has 0 bridgehead atoms. The summed E-state index contributed by atoms with van der Waals surface area (Å²) in [6.07, 6.45) is 6.28. The Morgan fingerprint density at radius 2 is 2.00 bits per heavy atom. The standard InChI is InChI=1S/C13H16O2/c1-4-13(5-2,15-11-14-3)12-9-7-6-8-10-12/h1,6-10H,5,11H2,2-3H3/t13-/m1/s1. The van der Waals surface area contributed by atoms with Crippen LogP contribution in [0, 0.1) is 12.3 Å². The molecule has 0 aliphatic rings. The predicted octanol–water partition coefficient (Wildman–Crippen LogP) is 2.55. The second-order valence-electron chi connectivity index (χ2n) is 3.24. The molecule has 0 aromatic heterocycles. The molecule has 0 saturated carbocycles. The highest BCUT2D eigenvalue weighted by Crippen LogP contribution is 2.28. The number of methoxy groups -OCH3 is 1. The molecule has 0 amide bonds. The van der Waals surface area contributed by atoms with Crippen LogP contribution in [0.2, 0.25) is 0 Å². The number of ether oxygens (including phenoxy) is 2. The van der Waals surface area contributed by atoms with Crippen molar-refractivity contribution in [3.8, 4) is 12.3 Å². The van der Waals surface area contributed by atoms with E-state index in [9.17, 15) is 0 Å². The predicted molar refractivity (Wildman–Crippen MR) is 60.2 cm³/mol. The molecule has 0 aliphatic heterocycles. The summed E-state index contributed by atoms with van der Waals surface area (Å²) in [5.41, 5.74) is 0.323. The van der Waals surface area contributed by atoms with Gasteiger partial charge in [-0.15, -0.1) is 6.42 Å². The van der Waals surface area contributed by atoms with Crippen molar-refractivity contribution in [1.82, 2.24) is 0 Å². The molecule has 0 unspecified atom stereocenters. The first-order chi connectivity index (χ1) is 7.29. The minimum Gasteiger partial charge on any atom is -0.359 e. The Kier molecular flexibility index (Phi) is 4.36. The van der Waals surface area contributed by atoms with Crippen LogP contribution >= 0.6 is 0 Å². The van der Waals surface area contributed by atoms with Crippen molar-refractivity contribution in [2.45, 2.75) is 18.9 Å². The van der Waals surface area contributed by atoms with Crippen LogP contribution < -0.4 is 0 Å². The molecule has 0 N–H and O–H groups in total. The first kappa shape index (κ1) is 11.8. The maximum Gasteiger partial charge on any atom is 0.156 e.